The molecule has 0 spiro atoms. The van der Waals surface area contributed by atoms with E-state index in [0.717, 1.165) is 11.3 Å². The minimum atomic E-state index is 0.529. The van der Waals surface area contributed by atoms with Crippen LogP contribution < -0.4 is 4.84 Å². The monoisotopic (exact) mass is 164 g/mol. The lowest BCUT2D eigenvalue weighted by Gasteiger charge is -1.97. The van der Waals surface area contributed by atoms with Crippen LogP contribution in [0.4, 0.5) is 0 Å². The summed E-state index contributed by atoms with van der Waals surface area (Å²) >= 11 is 0. The van der Waals surface area contributed by atoms with Crippen molar-refractivity contribution in [1.82, 2.24) is 4.98 Å². The van der Waals surface area contributed by atoms with Crippen LogP contribution in [0, 0.1) is 6.92 Å². The van der Waals surface area contributed by atoms with Crippen LogP contribution in [0.5, 0.6) is 5.88 Å². The van der Waals surface area contributed by atoms with Crippen LogP contribution in [0.15, 0.2) is 23.5 Å². The van der Waals surface area contributed by atoms with Gasteiger partial charge in [-0.05, 0) is 26.3 Å². The Bertz CT molecular complexity index is 273. The zero-order valence-electron chi connectivity index (χ0n) is 7.53. The highest BCUT2D eigenvalue weighted by Gasteiger charge is 1.91. The van der Waals surface area contributed by atoms with Crippen molar-refractivity contribution in [1.29, 1.82) is 0 Å². The second-order valence-corrected chi connectivity index (χ2v) is 2.80. The van der Waals surface area contributed by atoms with Crippen LogP contribution in [0.25, 0.3) is 0 Å². The number of nitrogens with zero attached hydrogens (tertiary/aromatic N) is 2. The van der Waals surface area contributed by atoms with Gasteiger partial charge in [0.15, 0.2) is 0 Å². The first-order valence-corrected chi connectivity index (χ1v) is 3.79. The molecule has 0 saturated carbocycles. The van der Waals surface area contributed by atoms with E-state index in [0.29, 0.717) is 5.88 Å². The van der Waals surface area contributed by atoms with Gasteiger partial charge >= 0.3 is 0 Å². The number of hydrogen-bond donors (Lipinski definition) is 0. The predicted molar refractivity (Wildman–Crippen MR) is 48.4 cm³/mol. The third-order valence-corrected chi connectivity index (χ3v) is 1.21. The third kappa shape index (κ3) is 2.70. The normalized spacial score (nSPS) is 9.25. The van der Waals surface area contributed by atoms with E-state index < -0.39 is 0 Å². The maximum absolute atomic E-state index is 5.00. The van der Waals surface area contributed by atoms with Crippen LogP contribution >= 0.6 is 0 Å². The summed E-state index contributed by atoms with van der Waals surface area (Å²) in [5.41, 5.74) is 1.98. The number of hydrogen-bond acceptors (Lipinski definition) is 3. The fourth-order valence-corrected chi connectivity index (χ4v) is 0.646. The predicted octanol–water partition coefficient (Wildman–Crippen LogP) is 2.16. The topological polar surface area (TPSA) is 34.5 Å². The molecular formula is C9H12N2O. The first-order chi connectivity index (χ1) is 5.68. The molecule has 1 aromatic rings. The summed E-state index contributed by atoms with van der Waals surface area (Å²) in [4.78, 5) is 9.02. The van der Waals surface area contributed by atoms with Crippen LogP contribution in [-0.2, 0) is 0 Å². The average Bonchev–Trinajstić information content (AvgIpc) is 2.03. The molecule has 0 N–H and O–H groups in total. The Hall–Kier alpha value is -1.38. The van der Waals surface area contributed by atoms with Gasteiger partial charge in [-0.3, -0.25) is 0 Å². The van der Waals surface area contributed by atoms with Crippen molar-refractivity contribution < 1.29 is 4.84 Å². The smallest absolute Gasteiger partial charge is 0.248 e. The van der Waals surface area contributed by atoms with Crippen molar-refractivity contribution in [3.63, 3.8) is 0 Å². The Morgan fingerprint density at radius 2 is 2.17 bits per heavy atom. The molecule has 1 aromatic heterocycles. The first-order valence-electron chi connectivity index (χ1n) is 3.79. The van der Waals surface area contributed by atoms with E-state index >= 15 is 0 Å². The van der Waals surface area contributed by atoms with Crippen LogP contribution in [-0.4, -0.2) is 10.7 Å². The third-order valence-electron chi connectivity index (χ3n) is 1.21. The molecule has 0 aliphatic heterocycles. The molecule has 0 amide bonds. The zero-order valence-corrected chi connectivity index (χ0v) is 7.53. The summed E-state index contributed by atoms with van der Waals surface area (Å²) in [5, 5.41) is 3.78. The Labute approximate surface area is 72.1 Å². The average molecular weight is 164 g/mol. The van der Waals surface area contributed by atoms with E-state index in [1.54, 1.807) is 12.3 Å². The largest absolute Gasteiger partial charge is 0.337 e. The van der Waals surface area contributed by atoms with E-state index in [4.69, 9.17) is 4.84 Å². The molecule has 0 aliphatic carbocycles. The number of rotatable bonds is 2. The van der Waals surface area contributed by atoms with Crippen molar-refractivity contribution in [3.05, 3.63) is 23.9 Å². The number of aromatic nitrogens is 1. The van der Waals surface area contributed by atoms with Gasteiger partial charge < -0.3 is 4.84 Å². The van der Waals surface area contributed by atoms with Crippen LogP contribution in [0.3, 0.4) is 0 Å². The van der Waals surface area contributed by atoms with Gasteiger partial charge in [-0.1, -0.05) is 11.2 Å². The Morgan fingerprint density at radius 1 is 1.42 bits per heavy atom. The zero-order chi connectivity index (χ0) is 8.97. The maximum Gasteiger partial charge on any atom is 0.248 e. The molecular weight excluding hydrogens is 152 g/mol. The molecule has 1 heterocycles. The van der Waals surface area contributed by atoms with Crippen molar-refractivity contribution in [2.45, 2.75) is 20.8 Å². The summed E-state index contributed by atoms with van der Waals surface area (Å²) < 4.78 is 0. The standard InChI is InChI=1S/C9H12N2O/c1-7(2)11-12-9-5-4-8(3)6-10-9/h4-6H,1-3H3. The van der Waals surface area contributed by atoms with Gasteiger partial charge in [-0.25, -0.2) is 4.98 Å². The van der Waals surface area contributed by atoms with Crippen LogP contribution in [0.1, 0.15) is 19.4 Å². The minimum absolute atomic E-state index is 0.529. The molecule has 64 valence electrons. The second-order valence-electron chi connectivity index (χ2n) is 2.80. The molecule has 0 bridgehead atoms. The molecule has 0 aliphatic rings. The molecule has 0 atom stereocenters. The van der Waals surface area contributed by atoms with Crippen molar-refractivity contribution in [3.8, 4) is 5.88 Å². The SMILES string of the molecule is CC(C)=NOc1ccc(C)cn1. The lowest BCUT2D eigenvalue weighted by atomic mass is 10.3. The van der Waals surface area contributed by atoms with Crippen molar-refractivity contribution >= 4 is 5.71 Å². The van der Waals surface area contributed by atoms with Gasteiger partial charge in [0.25, 0.3) is 0 Å². The summed E-state index contributed by atoms with van der Waals surface area (Å²) in [6.07, 6.45) is 1.75. The second kappa shape index (κ2) is 3.85. The molecule has 0 fully saturated rings. The summed E-state index contributed by atoms with van der Waals surface area (Å²) in [6.45, 7) is 5.72. The van der Waals surface area contributed by atoms with Gasteiger partial charge in [-0.15, -0.1) is 0 Å². The van der Waals surface area contributed by atoms with E-state index in [2.05, 4.69) is 10.1 Å². The molecule has 12 heavy (non-hydrogen) atoms. The fraction of sp³-hybridized carbons (Fsp3) is 0.333. The first kappa shape index (κ1) is 8.71. The number of pyridine rings is 1. The molecule has 0 unspecified atom stereocenters. The molecule has 0 aromatic carbocycles. The number of oxime groups is 1. The number of aryl methyl sites for hydroxylation is 1. The highest BCUT2D eigenvalue weighted by Crippen LogP contribution is 2.06. The van der Waals surface area contributed by atoms with Gasteiger partial charge in [-0.2, -0.15) is 0 Å². The lowest BCUT2D eigenvalue weighted by Crippen LogP contribution is -1.91. The van der Waals surface area contributed by atoms with Crippen molar-refractivity contribution in [2.24, 2.45) is 5.16 Å². The summed E-state index contributed by atoms with van der Waals surface area (Å²) in [7, 11) is 0. The van der Waals surface area contributed by atoms with E-state index in [-0.39, 0.29) is 0 Å². The van der Waals surface area contributed by atoms with Gasteiger partial charge in [0.1, 0.15) is 0 Å². The molecule has 3 nitrogen and oxygen atoms in total. The van der Waals surface area contributed by atoms with Gasteiger partial charge in [0.2, 0.25) is 5.88 Å². The van der Waals surface area contributed by atoms with Gasteiger partial charge in [0, 0.05) is 12.3 Å². The summed E-state index contributed by atoms with van der Waals surface area (Å²) in [6, 6.07) is 3.73. The highest BCUT2D eigenvalue weighted by atomic mass is 16.6. The molecule has 0 radical (unpaired) electrons. The Balaban J connectivity index is 2.65. The van der Waals surface area contributed by atoms with Crippen molar-refractivity contribution in [2.75, 3.05) is 0 Å². The lowest BCUT2D eigenvalue weighted by molar-refractivity contribution is 0.327. The summed E-state index contributed by atoms with van der Waals surface area (Å²) in [5.74, 6) is 0.529. The Kier molecular flexibility index (Phi) is 2.80. The highest BCUT2D eigenvalue weighted by molar-refractivity contribution is 5.78. The molecule has 1 rings (SSSR count). The van der Waals surface area contributed by atoms with Crippen LogP contribution in [0.2, 0.25) is 0 Å². The molecule has 3 heteroatoms. The maximum atomic E-state index is 5.00. The fourth-order valence-electron chi connectivity index (χ4n) is 0.646. The molecule has 0 saturated heterocycles. The van der Waals surface area contributed by atoms with E-state index in [1.165, 1.54) is 0 Å². The van der Waals surface area contributed by atoms with E-state index in [1.807, 2.05) is 26.8 Å². The van der Waals surface area contributed by atoms with E-state index in [9.17, 15) is 0 Å². The van der Waals surface area contributed by atoms with Gasteiger partial charge in [0.05, 0.1) is 5.71 Å². The quantitative estimate of drug-likeness (QED) is 0.496. The Morgan fingerprint density at radius 3 is 2.67 bits per heavy atom. The minimum Gasteiger partial charge on any atom is -0.337 e.